The topological polar surface area (TPSA) is 67.8 Å². The number of anilines is 1. The Morgan fingerprint density at radius 3 is 2.59 bits per heavy atom. The van der Waals surface area contributed by atoms with Gasteiger partial charge in [0.2, 0.25) is 0 Å². The van der Waals surface area contributed by atoms with E-state index >= 15 is 0 Å². The van der Waals surface area contributed by atoms with Crippen molar-refractivity contribution in [2.75, 3.05) is 19.5 Å². The number of phenols is 1. The molecule has 0 saturated carbocycles. The number of aromatic hydroxyl groups is 1. The Hall–Kier alpha value is -2.40. The van der Waals surface area contributed by atoms with Crippen molar-refractivity contribution < 1.29 is 19.4 Å². The van der Waals surface area contributed by atoms with E-state index in [9.17, 15) is 9.90 Å². The predicted molar refractivity (Wildman–Crippen MR) is 85.4 cm³/mol. The van der Waals surface area contributed by atoms with E-state index in [1.165, 1.54) is 20.3 Å². The summed E-state index contributed by atoms with van der Waals surface area (Å²) in [7, 11) is 2.95. The van der Waals surface area contributed by atoms with Gasteiger partial charge in [-0.2, -0.15) is 0 Å². The van der Waals surface area contributed by atoms with Crippen molar-refractivity contribution in [2.45, 2.75) is 6.92 Å². The van der Waals surface area contributed by atoms with Crippen LogP contribution in [0.1, 0.15) is 15.9 Å². The summed E-state index contributed by atoms with van der Waals surface area (Å²) in [4.78, 5) is 12.4. The zero-order valence-corrected chi connectivity index (χ0v) is 13.2. The number of amides is 1. The van der Waals surface area contributed by atoms with E-state index in [4.69, 9.17) is 21.1 Å². The average Bonchev–Trinajstić information content (AvgIpc) is 2.50. The summed E-state index contributed by atoms with van der Waals surface area (Å²) < 4.78 is 10.4. The number of para-hydroxylation sites is 1. The van der Waals surface area contributed by atoms with Gasteiger partial charge in [-0.05, 0) is 36.8 Å². The lowest BCUT2D eigenvalue weighted by atomic mass is 10.1. The van der Waals surface area contributed by atoms with E-state index in [2.05, 4.69) is 5.32 Å². The maximum absolute atomic E-state index is 12.4. The van der Waals surface area contributed by atoms with E-state index in [0.717, 1.165) is 0 Å². The van der Waals surface area contributed by atoms with E-state index in [0.29, 0.717) is 27.6 Å². The second kappa shape index (κ2) is 6.58. The second-order valence-electron chi connectivity index (χ2n) is 4.61. The molecule has 0 saturated heterocycles. The van der Waals surface area contributed by atoms with Gasteiger partial charge in [0.15, 0.2) is 11.5 Å². The molecule has 5 nitrogen and oxygen atoms in total. The van der Waals surface area contributed by atoms with Gasteiger partial charge in [-0.25, -0.2) is 0 Å². The van der Waals surface area contributed by atoms with Crippen molar-refractivity contribution in [3.63, 3.8) is 0 Å². The quantitative estimate of drug-likeness (QED) is 0.844. The van der Waals surface area contributed by atoms with E-state index < -0.39 is 5.91 Å². The molecule has 0 spiro atoms. The summed E-state index contributed by atoms with van der Waals surface area (Å²) in [6.07, 6.45) is 0. The molecular weight excluding hydrogens is 306 g/mol. The van der Waals surface area contributed by atoms with Crippen LogP contribution in [0.25, 0.3) is 0 Å². The average molecular weight is 322 g/mol. The summed E-state index contributed by atoms with van der Waals surface area (Å²) >= 11 is 5.95. The van der Waals surface area contributed by atoms with Crippen molar-refractivity contribution in [2.24, 2.45) is 0 Å². The van der Waals surface area contributed by atoms with Crippen LogP contribution in [0.15, 0.2) is 30.3 Å². The number of carbonyl (C=O) groups is 1. The third-order valence-corrected chi connectivity index (χ3v) is 3.38. The molecule has 0 aliphatic carbocycles. The first-order valence-corrected chi connectivity index (χ1v) is 6.87. The zero-order valence-electron chi connectivity index (χ0n) is 12.4. The fourth-order valence-electron chi connectivity index (χ4n) is 2.09. The van der Waals surface area contributed by atoms with Gasteiger partial charge in [0, 0.05) is 5.02 Å². The number of nitrogens with one attached hydrogen (secondary N) is 1. The number of phenolic OH excluding ortho intramolecular Hbond substituents is 1. The number of aryl methyl sites for hydroxylation is 1. The highest BCUT2D eigenvalue weighted by Crippen LogP contribution is 2.34. The van der Waals surface area contributed by atoms with Crippen LogP contribution in [0, 0.1) is 6.92 Å². The van der Waals surface area contributed by atoms with Crippen molar-refractivity contribution in [3.8, 4) is 17.2 Å². The van der Waals surface area contributed by atoms with Crippen LogP contribution in [0.5, 0.6) is 17.2 Å². The van der Waals surface area contributed by atoms with E-state index in [-0.39, 0.29) is 11.4 Å². The molecule has 0 radical (unpaired) electrons. The van der Waals surface area contributed by atoms with Crippen LogP contribution in [0.3, 0.4) is 0 Å². The molecule has 0 fully saturated rings. The first-order valence-electron chi connectivity index (χ1n) is 6.49. The van der Waals surface area contributed by atoms with Gasteiger partial charge in [0.05, 0.1) is 25.5 Å². The Bertz CT molecular complexity index is 716. The first kappa shape index (κ1) is 16.0. The fraction of sp³-hybridized carbons (Fsp3) is 0.188. The molecule has 2 aromatic rings. The summed E-state index contributed by atoms with van der Waals surface area (Å²) in [5.74, 6) is 0.301. The van der Waals surface area contributed by atoms with Crippen molar-refractivity contribution >= 4 is 23.2 Å². The number of rotatable bonds is 4. The molecule has 0 bridgehead atoms. The third-order valence-electron chi connectivity index (χ3n) is 3.16. The lowest BCUT2D eigenvalue weighted by molar-refractivity contribution is 0.102. The normalized spacial score (nSPS) is 10.2. The van der Waals surface area contributed by atoms with Gasteiger partial charge in [0.25, 0.3) is 5.91 Å². The molecule has 116 valence electrons. The lowest BCUT2D eigenvalue weighted by Gasteiger charge is -2.14. The van der Waals surface area contributed by atoms with Gasteiger partial charge in [0.1, 0.15) is 5.75 Å². The number of benzene rings is 2. The Morgan fingerprint density at radius 1 is 1.23 bits per heavy atom. The number of halogens is 1. The van der Waals surface area contributed by atoms with Crippen LogP contribution in [0.2, 0.25) is 5.02 Å². The minimum atomic E-state index is -0.437. The highest BCUT2D eigenvalue weighted by Gasteiger charge is 2.18. The maximum Gasteiger partial charge on any atom is 0.259 e. The van der Waals surface area contributed by atoms with Gasteiger partial charge >= 0.3 is 0 Å². The summed E-state index contributed by atoms with van der Waals surface area (Å²) in [6, 6.07) is 8.06. The molecule has 0 heterocycles. The molecule has 2 rings (SSSR count). The predicted octanol–water partition coefficient (Wildman–Crippen LogP) is 3.62. The molecule has 0 atom stereocenters. The summed E-state index contributed by atoms with van der Waals surface area (Å²) in [5.41, 5.74) is 1.10. The minimum absolute atomic E-state index is 0.0281. The Balaban J connectivity index is 2.38. The molecule has 1 amide bonds. The molecule has 6 heteroatoms. The van der Waals surface area contributed by atoms with Crippen molar-refractivity contribution in [1.29, 1.82) is 0 Å². The highest BCUT2D eigenvalue weighted by atomic mass is 35.5. The fourth-order valence-corrected chi connectivity index (χ4v) is 2.36. The Morgan fingerprint density at radius 2 is 1.95 bits per heavy atom. The SMILES string of the molecule is COc1cccc(C(=O)Nc2cc(Cl)cc(C)c2O)c1OC. The van der Waals surface area contributed by atoms with Gasteiger partial charge in [-0.15, -0.1) is 0 Å². The van der Waals surface area contributed by atoms with E-state index in [1.54, 1.807) is 31.2 Å². The molecule has 22 heavy (non-hydrogen) atoms. The molecule has 2 aromatic carbocycles. The number of hydrogen-bond acceptors (Lipinski definition) is 4. The van der Waals surface area contributed by atoms with Crippen LogP contribution >= 0.6 is 11.6 Å². The summed E-state index contributed by atoms with van der Waals surface area (Å²) in [5, 5.41) is 13.1. The van der Waals surface area contributed by atoms with Crippen LogP contribution in [-0.2, 0) is 0 Å². The smallest absolute Gasteiger partial charge is 0.259 e. The van der Waals surface area contributed by atoms with Crippen LogP contribution < -0.4 is 14.8 Å². The molecule has 2 N–H and O–H groups in total. The minimum Gasteiger partial charge on any atom is -0.505 e. The number of methoxy groups -OCH3 is 2. The third kappa shape index (κ3) is 3.09. The largest absolute Gasteiger partial charge is 0.505 e. The van der Waals surface area contributed by atoms with Crippen LogP contribution in [-0.4, -0.2) is 25.2 Å². The molecule has 0 aliphatic rings. The highest BCUT2D eigenvalue weighted by molar-refractivity contribution is 6.31. The van der Waals surface area contributed by atoms with Gasteiger partial charge in [-0.1, -0.05) is 17.7 Å². The molecule has 0 unspecified atom stereocenters. The number of hydrogen-bond donors (Lipinski definition) is 2. The van der Waals surface area contributed by atoms with Gasteiger partial charge < -0.3 is 19.9 Å². The maximum atomic E-state index is 12.4. The zero-order chi connectivity index (χ0) is 16.3. The standard InChI is InChI=1S/C16H16ClNO4/c1-9-7-10(17)8-12(14(9)19)18-16(20)11-5-4-6-13(21-2)15(11)22-3/h4-8,19H,1-3H3,(H,18,20). The van der Waals surface area contributed by atoms with Crippen LogP contribution in [0.4, 0.5) is 5.69 Å². The second-order valence-corrected chi connectivity index (χ2v) is 5.05. The van der Waals surface area contributed by atoms with Crippen molar-refractivity contribution in [3.05, 3.63) is 46.5 Å². The van der Waals surface area contributed by atoms with E-state index in [1.807, 2.05) is 0 Å². The number of carbonyl (C=O) groups excluding carboxylic acids is 1. The number of ether oxygens (including phenoxy) is 2. The Kier molecular flexibility index (Phi) is 4.78. The molecule has 0 aliphatic heterocycles. The van der Waals surface area contributed by atoms with Crippen molar-refractivity contribution in [1.82, 2.24) is 0 Å². The Labute approximate surface area is 133 Å². The first-order chi connectivity index (χ1) is 10.5. The molecular formula is C16H16ClNO4. The monoisotopic (exact) mass is 321 g/mol. The summed E-state index contributed by atoms with van der Waals surface area (Å²) in [6.45, 7) is 1.70. The lowest BCUT2D eigenvalue weighted by Crippen LogP contribution is -2.14. The van der Waals surface area contributed by atoms with Gasteiger partial charge in [-0.3, -0.25) is 4.79 Å². The molecule has 0 aromatic heterocycles.